The van der Waals surface area contributed by atoms with E-state index < -0.39 is 35.1 Å². The molecule has 1 atom stereocenters. The molecule has 1 unspecified atom stereocenters. The van der Waals surface area contributed by atoms with Gasteiger partial charge in [-0.3, -0.25) is 0 Å². The second-order valence-corrected chi connectivity index (χ2v) is 10.3. The maximum atomic E-state index is 14.0. The number of benzene rings is 2. The summed E-state index contributed by atoms with van der Waals surface area (Å²) in [7, 11) is 0. The van der Waals surface area contributed by atoms with Crippen molar-refractivity contribution in [1.29, 1.82) is 5.26 Å². The van der Waals surface area contributed by atoms with Crippen molar-refractivity contribution in [2.75, 3.05) is 0 Å². The Hall–Kier alpha value is -2.96. The van der Waals surface area contributed by atoms with Crippen LogP contribution in [-0.2, 0) is 27.9 Å². The number of esters is 1. The highest BCUT2D eigenvalue weighted by Gasteiger charge is 2.41. The molecule has 0 fully saturated rings. The van der Waals surface area contributed by atoms with Crippen molar-refractivity contribution in [3.63, 3.8) is 0 Å². The number of aromatic nitrogens is 1. The average Bonchev–Trinajstić information content (AvgIpc) is 3.09. The molecule has 0 spiro atoms. The van der Waals surface area contributed by atoms with Gasteiger partial charge in [0.05, 0.1) is 15.7 Å². The summed E-state index contributed by atoms with van der Waals surface area (Å²) >= 11 is 8.82. The van der Waals surface area contributed by atoms with Gasteiger partial charge >= 0.3 is 12.1 Å². The van der Waals surface area contributed by atoms with E-state index >= 15 is 0 Å². The number of nitrogens with zero attached hydrogens (tertiary/aromatic N) is 2. The van der Waals surface area contributed by atoms with Crippen LogP contribution in [0.1, 0.15) is 44.5 Å². The first-order chi connectivity index (χ1) is 16.7. The second kappa shape index (κ2) is 10.6. The van der Waals surface area contributed by atoms with Crippen LogP contribution < -0.4 is 4.74 Å². The number of nitriles is 1. The van der Waals surface area contributed by atoms with Crippen LogP contribution >= 0.6 is 27.5 Å². The summed E-state index contributed by atoms with van der Waals surface area (Å²) in [4.78, 5) is 12.6. The molecule has 1 heterocycles. The van der Waals surface area contributed by atoms with Crippen LogP contribution in [0.5, 0.6) is 5.75 Å². The zero-order chi connectivity index (χ0) is 26.8. The Morgan fingerprint density at radius 2 is 1.69 bits per heavy atom. The van der Waals surface area contributed by atoms with Crippen molar-refractivity contribution in [2.24, 2.45) is 0 Å². The molecule has 190 valence electrons. The first-order valence-corrected chi connectivity index (χ1v) is 12.0. The summed E-state index contributed by atoms with van der Waals surface area (Å²) in [5.41, 5.74) is -0.147. The number of hydrogen-bond donors (Lipinski definition) is 0. The highest BCUT2D eigenvalue weighted by atomic mass is 79.9. The third kappa shape index (κ3) is 6.05. The quantitative estimate of drug-likeness (QED) is 0.279. The number of alkyl halides is 3. The topological polar surface area (TPSA) is 64.2 Å². The van der Waals surface area contributed by atoms with Crippen molar-refractivity contribution in [1.82, 2.24) is 4.57 Å². The lowest BCUT2D eigenvalue weighted by Gasteiger charge is -2.20. The van der Waals surface area contributed by atoms with E-state index in [-0.39, 0.29) is 16.7 Å². The van der Waals surface area contributed by atoms with Gasteiger partial charge in [-0.1, -0.05) is 56.6 Å². The summed E-state index contributed by atoms with van der Waals surface area (Å²) in [5, 5.41) is 9.98. The smallest absolute Gasteiger partial charge is 0.432 e. The second-order valence-electron chi connectivity index (χ2n) is 9.06. The number of carbonyl (C=O) groups excluding carboxylic acids is 1. The molecule has 5 nitrogen and oxygen atoms in total. The predicted octanol–water partition coefficient (Wildman–Crippen LogP) is 7.73. The molecule has 10 heteroatoms. The lowest BCUT2D eigenvalue weighted by Crippen LogP contribution is -2.28. The Bertz CT molecular complexity index is 1290. The minimum Gasteiger partial charge on any atom is -0.479 e. The van der Waals surface area contributed by atoms with Gasteiger partial charge in [0.2, 0.25) is 0 Å². The van der Waals surface area contributed by atoms with Crippen molar-refractivity contribution in [2.45, 2.75) is 52.1 Å². The zero-order valence-corrected chi connectivity index (χ0v) is 22.3. The molecule has 3 aromatic rings. The van der Waals surface area contributed by atoms with Crippen molar-refractivity contribution in [3.05, 3.63) is 74.8 Å². The monoisotopic (exact) mass is 582 g/mol. The van der Waals surface area contributed by atoms with E-state index in [1.54, 1.807) is 18.2 Å². The maximum absolute atomic E-state index is 14.0. The van der Waals surface area contributed by atoms with Gasteiger partial charge < -0.3 is 14.0 Å². The normalized spacial score (nSPS) is 12.7. The number of hydrogen-bond acceptors (Lipinski definition) is 4. The molecule has 0 bridgehead atoms. The average molecular weight is 584 g/mol. The molecule has 0 aliphatic heterocycles. The van der Waals surface area contributed by atoms with Crippen LogP contribution in [0.3, 0.4) is 0 Å². The first kappa shape index (κ1) is 27.6. The molecule has 0 aliphatic carbocycles. The summed E-state index contributed by atoms with van der Waals surface area (Å²) in [6, 6.07) is 14.9. The van der Waals surface area contributed by atoms with E-state index in [0.29, 0.717) is 16.3 Å². The molecule has 0 radical (unpaired) electrons. The van der Waals surface area contributed by atoms with Gasteiger partial charge in [0.15, 0.2) is 12.8 Å². The largest absolute Gasteiger partial charge is 0.479 e. The minimum absolute atomic E-state index is 0.0611. The van der Waals surface area contributed by atoms with E-state index in [4.69, 9.17) is 21.1 Å². The van der Waals surface area contributed by atoms with E-state index in [1.165, 1.54) is 31.2 Å². The molecular formula is C26H23BrClF3N2O3. The molecule has 36 heavy (non-hydrogen) atoms. The fraction of sp³-hybridized carbons (Fsp3) is 0.308. The molecule has 0 N–H and O–H groups in total. The molecule has 1 aromatic heterocycles. The van der Waals surface area contributed by atoms with E-state index in [9.17, 15) is 23.2 Å². The van der Waals surface area contributed by atoms with Crippen LogP contribution in [0.15, 0.2) is 53.0 Å². The Balaban J connectivity index is 1.88. The Kier molecular flexibility index (Phi) is 8.11. The maximum Gasteiger partial charge on any atom is 0.432 e. The zero-order valence-electron chi connectivity index (χ0n) is 19.9. The van der Waals surface area contributed by atoms with Gasteiger partial charge in [0.1, 0.15) is 17.5 Å². The Labute approximate surface area is 220 Å². The Morgan fingerprint density at radius 1 is 1.11 bits per heavy atom. The number of rotatable bonds is 6. The summed E-state index contributed by atoms with van der Waals surface area (Å²) in [5.74, 6) is -0.450. The fourth-order valence-corrected chi connectivity index (χ4v) is 4.38. The van der Waals surface area contributed by atoms with E-state index in [2.05, 4.69) is 36.7 Å². The summed E-state index contributed by atoms with van der Waals surface area (Å²) in [6.07, 6.45) is -5.92. The lowest BCUT2D eigenvalue weighted by atomic mass is 9.87. The van der Waals surface area contributed by atoms with Crippen molar-refractivity contribution in [3.8, 4) is 23.1 Å². The minimum atomic E-state index is -4.83. The number of halogens is 5. The molecule has 3 rings (SSSR count). The Morgan fingerprint density at radius 3 is 2.19 bits per heavy atom. The van der Waals surface area contributed by atoms with Gasteiger partial charge in [-0.2, -0.15) is 18.4 Å². The van der Waals surface area contributed by atoms with Crippen LogP contribution in [0.2, 0.25) is 5.02 Å². The first-order valence-electron chi connectivity index (χ1n) is 10.8. The van der Waals surface area contributed by atoms with Gasteiger partial charge in [0, 0.05) is 5.02 Å². The van der Waals surface area contributed by atoms with Crippen molar-refractivity contribution < 1.29 is 27.4 Å². The van der Waals surface area contributed by atoms with Crippen LogP contribution in [0.25, 0.3) is 11.3 Å². The van der Waals surface area contributed by atoms with Gasteiger partial charge in [-0.15, -0.1) is 0 Å². The predicted molar refractivity (Wildman–Crippen MR) is 134 cm³/mol. The van der Waals surface area contributed by atoms with Crippen LogP contribution in [0.4, 0.5) is 13.2 Å². The summed E-state index contributed by atoms with van der Waals surface area (Å²) in [6.45, 7) is 6.84. The molecule has 0 saturated heterocycles. The van der Waals surface area contributed by atoms with Crippen LogP contribution in [-0.4, -0.2) is 16.6 Å². The highest BCUT2D eigenvalue weighted by molar-refractivity contribution is 9.10. The molecular weight excluding hydrogens is 561 g/mol. The standard InChI is InChI=1S/C26H23BrClF3N2O3/c1-15(36-19-11-7-17(8-12-19)25(2,3)4)24(34)35-14-33-22(16-5-9-18(28)10-6-16)20(13-32)21(27)23(33)26(29,30)31/h5-12,15H,14H2,1-4H3. The SMILES string of the molecule is CC(Oc1ccc(C(C)(C)C)cc1)C(=O)OCn1c(-c2ccc(Cl)cc2)c(C#N)c(Br)c1C(F)(F)F. The molecule has 0 aliphatic rings. The van der Waals surface area contributed by atoms with Gasteiger partial charge in [0.25, 0.3) is 0 Å². The van der Waals surface area contributed by atoms with Gasteiger partial charge in [-0.05, 0) is 63.7 Å². The highest BCUT2D eigenvalue weighted by Crippen LogP contribution is 2.43. The number of carbonyl (C=O) groups is 1. The third-order valence-corrected chi connectivity index (χ3v) is 6.43. The van der Waals surface area contributed by atoms with Crippen LogP contribution in [0, 0.1) is 11.3 Å². The third-order valence-electron chi connectivity index (χ3n) is 5.40. The molecule has 2 aromatic carbocycles. The van der Waals surface area contributed by atoms with E-state index in [0.717, 1.165) is 10.1 Å². The van der Waals surface area contributed by atoms with E-state index in [1.807, 2.05) is 12.1 Å². The van der Waals surface area contributed by atoms with Crippen molar-refractivity contribution >= 4 is 33.5 Å². The molecule has 0 amide bonds. The number of ether oxygens (including phenoxy) is 2. The van der Waals surface area contributed by atoms with Gasteiger partial charge in [-0.25, -0.2) is 4.79 Å². The summed E-state index contributed by atoms with van der Waals surface area (Å²) < 4.78 is 53.0. The lowest BCUT2D eigenvalue weighted by molar-refractivity contribution is -0.160. The molecule has 0 saturated carbocycles. The fourth-order valence-electron chi connectivity index (χ4n) is 3.54.